The lowest BCUT2D eigenvalue weighted by molar-refractivity contribution is 0.0953. The van der Waals surface area contributed by atoms with Crippen LogP contribution in [-0.2, 0) is 0 Å². The molecule has 0 aliphatic carbocycles. The first-order chi connectivity index (χ1) is 8.54. The molecule has 3 nitrogen and oxygen atoms in total. The zero-order valence-corrected chi connectivity index (χ0v) is 12.0. The molecule has 0 saturated heterocycles. The van der Waals surface area contributed by atoms with E-state index in [4.69, 9.17) is 11.6 Å². The highest BCUT2D eigenvalue weighted by molar-refractivity contribution is 6.31. The number of carbonyl (C=O) groups excluding carboxylic acids is 1. The van der Waals surface area contributed by atoms with E-state index in [1.54, 1.807) is 12.1 Å². The number of benzene rings is 1. The second kappa shape index (κ2) is 7.27. The topological polar surface area (TPSA) is 41.1 Å². The summed E-state index contributed by atoms with van der Waals surface area (Å²) in [6, 6.07) is 5.32. The molecule has 4 heteroatoms. The number of carbonyl (C=O) groups is 1. The first kappa shape index (κ1) is 14.8. The fourth-order valence-corrected chi connectivity index (χ4v) is 1.79. The molecule has 18 heavy (non-hydrogen) atoms. The minimum absolute atomic E-state index is 0.0749. The van der Waals surface area contributed by atoms with Crippen molar-refractivity contribution < 1.29 is 4.79 Å². The largest absolute Gasteiger partial charge is 0.385 e. The molecule has 1 rings (SSSR count). The van der Waals surface area contributed by atoms with Crippen LogP contribution >= 0.6 is 11.6 Å². The second-order valence-electron chi connectivity index (χ2n) is 4.66. The Morgan fingerprint density at radius 3 is 2.72 bits per heavy atom. The van der Waals surface area contributed by atoms with E-state index in [2.05, 4.69) is 24.5 Å². The van der Waals surface area contributed by atoms with E-state index in [0.29, 0.717) is 23.0 Å². The first-order valence-corrected chi connectivity index (χ1v) is 6.74. The molecule has 0 unspecified atom stereocenters. The standard InChI is InChI=1S/C14H21ClN2O/c1-4-16-13-6-5-11(15)9-12(13)14(18)17-8-7-10(2)3/h5-6,9-10,16H,4,7-8H2,1-3H3,(H,17,18). The van der Waals surface area contributed by atoms with Crippen LogP contribution in [0.1, 0.15) is 37.6 Å². The molecule has 100 valence electrons. The van der Waals surface area contributed by atoms with Gasteiger partial charge >= 0.3 is 0 Å². The molecular weight excluding hydrogens is 248 g/mol. The van der Waals surface area contributed by atoms with E-state index >= 15 is 0 Å². The monoisotopic (exact) mass is 268 g/mol. The van der Waals surface area contributed by atoms with Gasteiger partial charge in [-0.15, -0.1) is 0 Å². The average Bonchev–Trinajstić information content (AvgIpc) is 2.31. The molecule has 0 bridgehead atoms. The Bertz CT molecular complexity index is 405. The zero-order chi connectivity index (χ0) is 13.5. The predicted molar refractivity (Wildman–Crippen MR) is 77.4 cm³/mol. The Morgan fingerprint density at radius 1 is 1.39 bits per heavy atom. The minimum Gasteiger partial charge on any atom is -0.385 e. The van der Waals surface area contributed by atoms with Gasteiger partial charge in [0, 0.05) is 23.8 Å². The van der Waals surface area contributed by atoms with Gasteiger partial charge < -0.3 is 10.6 Å². The highest BCUT2D eigenvalue weighted by Gasteiger charge is 2.11. The summed E-state index contributed by atoms with van der Waals surface area (Å²) in [5.74, 6) is 0.506. The Hall–Kier alpha value is -1.22. The van der Waals surface area contributed by atoms with E-state index in [9.17, 15) is 4.79 Å². The summed E-state index contributed by atoms with van der Waals surface area (Å²) in [7, 11) is 0. The lowest BCUT2D eigenvalue weighted by atomic mass is 10.1. The number of hydrogen-bond acceptors (Lipinski definition) is 2. The van der Waals surface area contributed by atoms with Gasteiger partial charge in [-0.1, -0.05) is 25.4 Å². The molecule has 0 heterocycles. The summed E-state index contributed by atoms with van der Waals surface area (Å²) in [4.78, 5) is 12.1. The molecule has 0 aliphatic heterocycles. The molecule has 1 aromatic rings. The molecule has 0 saturated carbocycles. The summed E-state index contributed by atoms with van der Waals surface area (Å²) < 4.78 is 0. The van der Waals surface area contributed by atoms with Crippen LogP contribution < -0.4 is 10.6 Å². The number of amides is 1. The van der Waals surface area contributed by atoms with Crippen LogP contribution in [0.4, 0.5) is 5.69 Å². The van der Waals surface area contributed by atoms with E-state index in [-0.39, 0.29) is 5.91 Å². The van der Waals surface area contributed by atoms with E-state index in [1.807, 2.05) is 13.0 Å². The van der Waals surface area contributed by atoms with Crippen molar-refractivity contribution in [2.75, 3.05) is 18.4 Å². The summed E-state index contributed by atoms with van der Waals surface area (Å²) in [6.07, 6.45) is 0.975. The third kappa shape index (κ3) is 4.57. The third-order valence-electron chi connectivity index (χ3n) is 2.60. The quantitative estimate of drug-likeness (QED) is 0.828. The van der Waals surface area contributed by atoms with Crippen molar-refractivity contribution in [3.8, 4) is 0 Å². The van der Waals surface area contributed by atoms with Gasteiger partial charge in [0.15, 0.2) is 0 Å². The van der Waals surface area contributed by atoms with Crippen LogP contribution in [0.15, 0.2) is 18.2 Å². The first-order valence-electron chi connectivity index (χ1n) is 6.36. The average molecular weight is 269 g/mol. The summed E-state index contributed by atoms with van der Waals surface area (Å²) in [5, 5.41) is 6.66. The van der Waals surface area contributed by atoms with Gasteiger partial charge in [-0.2, -0.15) is 0 Å². The summed E-state index contributed by atoms with van der Waals surface area (Å²) in [5.41, 5.74) is 1.43. The van der Waals surface area contributed by atoms with Gasteiger partial charge in [0.2, 0.25) is 0 Å². The van der Waals surface area contributed by atoms with Crippen LogP contribution in [0, 0.1) is 5.92 Å². The SMILES string of the molecule is CCNc1ccc(Cl)cc1C(=O)NCCC(C)C. The van der Waals surface area contributed by atoms with Crippen LogP contribution in [0.5, 0.6) is 0 Å². The molecule has 1 aromatic carbocycles. The fraction of sp³-hybridized carbons (Fsp3) is 0.500. The van der Waals surface area contributed by atoms with Gasteiger partial charge in [0.1, 0.15) is 0 Å². The highest BCUT2D eigenvalue weighted by atomic mass is 35.5. The molecule has 0 aliphatic rings. The van der Waals surface area contributed by atoms with Crippen molar-refractivity contribution in [2.45, 2.75) is 27.2 Å². The molecular formula is C14H21ClN2O. The normalized spacial score (nSPS) is 10.5. The van der Waals surface area contributed by atoms with Crippen molar-refractivity contribution in [3.63, 3.8) is 0 Å². The molecule has 0 fully saturated rings. The van der Waals surface area contributed by atoms with Crippen molar-refractivity contribution in [1.82, 2.24) is 5.32 Å². The van der Waals surface area contributed by atoms with Gasteiger partial charge in [0.05, 0.1) is 5.56 Å². The maximum atomic E-state index is 12.1. The smallest absolute Gasteiger partial charge is 0.253 e. The Morgan fingerprint density at radius 2 is 2.11 bits per heavy atom. The van der Waals surface area contributed by atoms with Crippen molar-refractivity contribution >= 4 is 23.2 Å². The zero-order valence-electron chi connectivity index (χ0n) is 11.2. The van der Waals surface area contributed by atoms with Gasteiger partial charge in [-0.25, -0.2) is 0 Å². The minimum atomic E-state index is -0.0749. The van der Waals surface area contributed by atoms with E-state index in [0.717, 1.165) is 18.7 Å². The van der Waals surface area contributed by atoms with Crippen LogP contribution in [0.25, 0.3) is 0 Å². The van der Waals surface area contributed by atoms with Crippen molar-refractivity contribution in [3.05, 3.63) is 28.8 Å². The van der Waals surface area contributed by atoms with E-state index in [1.165, 1.54) is 0 Å². The molecule has 1 amide bonds. The number of rotatable bonds is 6. The number of nitrogens with one attached hydrogen (secondary N) is 2. The van der Waals surface area contributed by atoms with Gasteiger partial charge in [-0.3, -0.25) is 4.79 Å². The Kier molecular flexibility index (Phi) is 5.99. The van der Waals surface area contributed by atoms with Crippen LogP contribution in [0.2, 0.25) is 5.02 Å². The lowest BCUT2D eigenvalue weighted by Gasteiger charge is -2.12. The van der Waals surface area contributed by atoms with Crippen molar-refractivity contribution in [2.24, 2.45) is 5.92 Å². The fourth-order valence-electron chi connectivity index (χ4n) is 1.62. The number of anilines is 1. The van der Waals surface area contributed by atoms with Crippen LogP contribution in [-0.4, -0.2) is 19.0 Å². The van der Waals surface area contributed by atoms with Crippen molar-refractivity contribution in [1.29, 1.82) is 0 Å². The molecule has 0 spiro atoms. The number of halogens is 1. The third-order valence-corrected chi connectivity index (χ3v) is 2.84. The highest BCUT2D eigenvalue weighted by Crippen LogP contribution is 2.20. The summed E-state index contributed by atoms with van der Waals surface area (Å²) >= 11 is 5.94. The van der Waals surface area contributed by atoms with Crippen LogP contribution in [0.3, 0.4) is 0 Å². The Balaban J connectivity index is 2.73. The second-order valence-corrected chi connectivity index (χ2v) is 5.10. The maximum absolute atomic E-state index is 12.1. The Labute approximate surface area is 114 Å². The maximum Gasteiger partial charge on any atom is 0.253 e. The van der Waals surface area contributed by atoms with Gasteiger partial charge in [0.25, 0.3) is 5.91 Å². The molecule has 0 aromatic heterocycles. The lowest BCUT2D eigenvalue weighted by Crippen LogP contribution is -2.26. The predicted octanol–water partition coefficient (Wildman–Crippen LogP) is 3.55. The van der Waals surface area contributed by atoms with Gasteiger partial charge in [-0.05, 0) is 37.5 Å². The molecule has 2 N–H and O–H groups in total. The van der Waals surface area contributed by atoms with E-state index < -0.39 is 0 Å². The number of hydrogen-bond donors (Lipinski definition) is 2. The molecule has 0 radical (unpaired) electrons. The summed E-state index contributed by atoms with van der Waals surface area (Å²) in [6.45, 7) is 7.72. The molecule has 0 atom stereocenters.